The molecule has 0 aliphatic rings. The maximum atomic E-state index is 7.33. The molecule has 4 N–H and O–H groups in total. The smallest absolute Gasteiger partial charge is 1.00 e. The van der Waals surface area contributed by atoms with Gasteiger partial charge in [0.2, 0.25) is 0 Å². The second-order valence-electron chi connectivity index (χ2n) is 0.600. The van der Waals surface area contributed by atoms with E-state index in [2.05, 4.69) is 0 Å². The van der Waals surface area contributed by atoms with Gasteiger partial charge in [0, 0.05) is 38.8 Å². The van der Waals surface area contributed by atoms with Crippen molar-refractivity contribution >= 4 is 9.05 Å². The van der Waals surface area contributed by atoms with Crippen LogP contribution < -0.4 is 29.6 Å². The Morgan fingerprint density at radius 1 is 1.00 bits per heavy atom. The Balaban J connectivity index is -0.0000000133. The summed E-state index contributed by atoms with van der Waals surface area (Å²) < 4.78 is 0. The molecule has 0 spiro atoms. The fourth-order valence-corrected chi connectivity index (χ4v) is 0. The third-order valence-electron chi connectivity index (χ3n) is 0. The Morgan fingerprint density at radius 3 is 1.00 bits per heavy atom. The predicted octanol–water partition coefficient (Wildman–Crippen LogP) is -5.50. The van der Waals surface area contributed by atoms with Gasteiger partial charge < -0.3 is 20.6 Å². The van der Waals surface area contributed by atoms with Crippen molar-refractivity contribution in [2.75, 3.05) is 0 Å². The molecule has 0 saturated carbocycles. The molecule has 0 atom stereocenters. The summed E-state index contributed by atoms with van der Waals surface area (Å²) in [5.41, 5.74) is 0. The quantitative estimate of drug-likeness (QED) is 0.309. The van der Waals surface area contributed by atoms with Gasteiger partial charge in [-0.05, 0) is 0 Å². The standard InChI is InChI=1S/Fe.Na.H4O4Si.Ti.H/c;;1-5(2,3)4;;/h;;1-4H;;/q;+1;;;-1. The SMILES string of the molecule is O[Si](O)(O)O.[Fe].[H-].[Na+].[Ti]. The Morgan fingerprint density at radius 2 is 1.00 bits per heavy atom. The zero-order chi connectivity index (χ0) is 4.50. The van der Waals surface area contributed by atoms with E-state index in [1.807, 2.05) is 0 Å². The van der Waals surface area contributed by atoms with Crippen LogP contribution >= 0.6 is 0 Å². The van der Waals surface area contributed by atoms with Gasteiger partial charge >= 0.3 is 38.6 Å². The van der Waals surface area contributed by atoms with Crippen molar-refractivity contribution < 1.29 is 89.0 Å². The molecule has 0 bridgehead atoms. The van der Waals surface area contributed by atoms with Gasteiger partial charge in [0.1, 0.15) is 0 Å². The second kappa shape index (κ2) is 9.29. The summed E-state index contributed by atoms with van der Waals surface area (Å²) in [5, 5.41) is 0. The Bertz CT molecular complexity index is 36.0. The third-order valence-corrected chi connectivity index (χ3v) is 0. The van der Waals surface area contributed by atoms with Crippen molar-refractivity contribution in [1.82, 2.24) is 0 Å². The molecule has 0 saturated heterocycles. The summed E-state index contributed by atoms with van der Waals surface area (Å²) in [7, 11) is -4.61. The fraction of sp³-hybridized carbons (Fsp3) is 0. The molecule has 0 aliphatic heterocycles. The largest absolute Gasteiger partial charge is 1.00 e. The van der Waals surface area contributed by atoms with Crippen LogP contribution in [0.25, 0.3) is 0 Å². The molecule has 8 heavy (non-hydrogen) atoms. The maximum absolute atomic E-state index is 7.33. The van der Waals surface area contributed by atoms with Gasteiger partial charge in [0.25, 0.3) is 0 Å². The summed E-state index contributed by atoms with van der Waals surface area (Å²) in [4.78, 5) is 29.3. The van der Waals surface area contributed by atoms with E-state index < -0.39 is 9.05 Å². The van der Waals surface area contributed by atoms with Crippen molar-refractivity contribution in [1.29, 1.82) is 0 Å². The molecule has 0 heterocycles. The molecule has 46 valence electrons. The van der Waals surface area contributed by atoms with Crippen LogP contribution in [0.1, 0.15) is 1.43 Å². The van der Waals surface area contributed by atoms with Crippen molar-refractivity contribution in [3.05, 3.63) is 0 Å². The van der Waals surface area contributed by atoms with Crippen LogP contribution in [0, 0.1) is 0 Å². The number of hydrogen-bond donors (Lipinski definition) is 4. The van der Waals surface area contributed by atoms with E-state index in [4.69, 9.17) is 19.2 Å². The maximum Gasteiger partial charge on any atom is 1.00 e. The van der Waals surface area contributed by atoms with Crippen molar-refractivity contribution in [3.8, 4) is 0 Å². The molecule has 0 unspecified atom stereocenters. The minimum Gasteiger partial charge on any atom is -1.00 e. The number of rotatable bonds is 0. The van der Waals surface area contributed by atoms with Gasteiger partial charge in [-0.3, -0.25) is 0 Å². The van der Waals surface area contributed by atoms with Gasteiger partial charge in [-0.1, -0.05) is 0 Å². The molecular formula is H5FeNaO4SiTi. The van der Waals surface area contributed by atoms with Crippen LogP contribution in [0.2, 0.25) is 0 Å². The average Bonchev–Trinajstić information content (AvgIpc) is 0.722. The Kier molecular flexibility index (Phi) is 26.1. The van der Waals surface area contributed by atoms with Crippen LogP contribution in [-0.4, -0.2) is 28.2 Å². The van der Waals surface area contributed by atoms with Crippen LogP contribution in [0.3, 0.4) is 0 Å². The minimum absolute atomic E-state index is 0. The first-order valence-electron chi connectivity index (χ1n) is 0.894. The van der Waals surface area contributed by atoms with E-state index in [1.165, 1.54) is 0 Å². The molecule has 0 aromatic rings. The molecule has 8 heteroatoms. The number of hydrogen-bond acceptors (Lipinski definition) is 4. The monoisotopic (exact) mass is 224 g/mol. The van der Waals surface area contributed by atoms with Gasteiger partial charge in [-0.15, -0.1) is 0 Å². The third kappa shape index (κ3) is 84.0. The summed E-state index contributed by atoms with van der Waals surface area (Å²) in [5.74, 6) is 0. The molecule has 0 aromatic carbocycles. The zero-order valence-electron chi connectivity index (χ0n) is 5.14. The molecular weight excluding hydrogens is 219 g/mol. The zero-order valence-corrected chi connectivity index (χ0v) is 9.81. The van der Waals surface area contributed by atoms with Crippen molar-refractivity contribution in [2.45, 2.75) is 0 Å². The fourth-order valence-electron chi connectivity index (χ4n) is 0. The Hall–Kier alpha value is 2.29. The summed E-state index contributed by atoms with van der Waals surface area (Å²) in [6.45, 7) is 0. The average molecular weight is 224 g/mol. The van der Waals surface area contributed by atoms with E-state index in [-0.39, 0.29) is 69.8 Å². The molecule has 0 aromatic heterocycles. The molecule has 0 fully saturated rings. The molecule has 0 amide bonds. The first-order valence-corrected chi connectivity index (χ1v) is 2.68. The molecule has 0 aliphatic carbocycles. The van der Waals surface area contributed by atoms with Gasteiger partial charge in [-0.25, -0.2) is 0 Å². The van der Waals surface area contributed by atoms with E-state index >= 15 is 0 Å². The van der Waals surface area contributed by atoms with Crippen LogP contribution in [0.15, 0.2) is 0 Å². The summed E-state index contributed by atoms with van der Waals surface area (Å²) in [6.07, 6.45) is 0. The predicted molar refractivity (Wildman–Crippen MR) is 15.7 cm³/mol. The van der Waals surface area contributed by atoms with E-state index in [0.29, 0.717) is 0 Å². The summed E-state index contributed by atoms with van der Waals surface area (Å²) >= 11 is 0. The molecule has 0 rings (SSSR count). The van der Waals surface area contributed by atoms with Gasteiger partial charge in [0.15, 0.2) is 0 Å². The van der Waals surface area contributed by atoms with E-state index in [0.717, 1.165) is 0 Å². The Labute approximate surface area is 96.9 Å². The van der Waals surface area contributed by atoms with Gasteiger partial charge in [-0.2, -0.15) is 0 Å². The van der Waals surface area contributed by atoms with E-state index in [1.54, 1.807) is 0 Å². The molecule has 0 radical (unpaired) electrons. The normalized spacial score (nSPS) is 7.50. The first kappa shape index (κ1) is 22.4. The van der Waals surface area contributed by atoms with E-state index in [9.17, 15) is 0 Å². The second-order valence-corrected chi connectivity index (χ2v) is 1.80. The minimum atomic E-state index is -4.61. The van der Waals surface area contributed by atoms with Crippen molar-refractivity contribution in [3.63, 3.8) is 0 Å². The first-order chi connectivity index (χ1) is 2.00. The molecule has 4 nitrogen and oxygen atoms in total. The van der Waals surface area contributed by atoms with Gasteiger partial charge in [0.05, 0.1) is 0 Å². The summed E-state index contributed by atoms with van der Waals surface area (Å²) in [6, 6.07) is 0. The van der Waals surface area contributed by atoms with Crippen LogP contribution in [0.5, 0.6) is 0 Å². The van der Waals surface area contributed by atoms with Crippen LogP contribution in [0.4, 0.5) is 0 Å². The van der Waals surface area contributed by atoms with Crippen LogP contribution in [-0.2, 0) is 38.8 Å². The van der Waals surface area contributed by atoms with Crippen molar-refractivity contribution in [2.24, 2.45) is 0 Å². The topological polar surface area (TPSA) is 80.9 Å².